The molecule has 21 heavy (non-hydrogen) atoms. The Kier molecular flexibility index (Phi) is 3.59. The number of rotatable bonds is 1. The lowest BCUT2D eigenvalue weighted by Gasteiger charge is -2.29. The molecule has 0 unspecified atom stereocenters. The number of aryl methyl sites for hydroxylation is 2. The molecule has 5 nitrogen and oxygen atoms in total. The first-order valence-electron chi connectivity index (χ1n) is 7.18. The number of nitrogen functional groups attached to an aromatic ring is 1. The lowest BCUT2D eigenvalue weighted by Crippen LogP contribution is -2.42. The van der Waals surface area contributed by atoms with Crippen molar-refractivity contribution >= 4 is 33.1 Å². The summed E-state index contributed by atoms with van der Waals surface area (Å²) in [7, 11) is 0. The van der Waals surface area contributed by atoms with E-state index in [9.17, 15) is 4.79 Å². The quantitative estimate of drug-likeness (QED) is 0.844. The van der Waals surface area contributed by atoms with Crippen molar-refractivity contribution in [1.82, 2.24) is 9.88 Å². The van der Waals surface area contributed by atoms with Gasteiger partial charge in [0.05, 0.1) is 5.69 Å². The lowest BCUT2D eigenvalue weighted by atomic mass is 10.1. The number of nitrogens with zero attached hydrogens (tertiary/aromatic N) is 2. The van der Waals surface area contributed by atoms with Crippen LogP contribution in [0, 0.1) is 13.8 Å². The predicted molar refractivity (Wildman–Crippen MR) is 86.6 cm³/mol. The fourth-order valence-electron chi connectivity index (χ4n) is 2.87. The van der Waals surface area contributed by atoms with Crippen molar-refractivity contribution in [3.63, 3.8) is 0 Å². The number of piperidine rings is 1. The van der Waals surface area contributed by atoms with Crippen molar-refractivity contribution in [2.24, 2.45) is 5.73 Å². The number of likely N-dealkylation sites (tertiary alicyclic amines) is 1. The van der Waals surface area contributed by atoms with Gasteiger partial charge in [-0.3, -0.25) is 4.79 Å². The van der Waals surface area contributed by atoms with Crippen LogP contribution >= 0.6 is 11.3 Å². The van der Waals surface area contributed by atoms with Gasteiger partial charge >= 0.3 is 0 Å². The van der Waals surface area contributed by atoms with E-state index >= 15 is 0 Å². The fraction of sp³-hybridized carbons (Fsp3) is 0.467. The molecule has 112 valence electrons. The molecule has 1 fully saturated rings. The van der Waals surface area contributed by atoms with Gasteiger partial charge in [0.1, 0.15) is 9.71 Å². The molecule has 1 aliphatic heterocycles. The summed E-state index contributed by atoms with van der Waals surface area (Å²) in [6.07, 6.45) is 1.71. The summed E-state index contributed by atoms with van der Waals surface area (Å²) >= 11 is 1.40. The lowest BCUT2D eigenvalue weighted by molar-refractivity contribution is 0.0720. The normalized spacial score (nSPS) is 16.6. The van der Waals surface area contributed by atoms with Gasteiger partial charge in [-0.2, -0.15) is 0 Å². The Balaban J connectivity index is 1.99. The first kappa shape index (κ1) is 14.3. The average molecular weight is 304 g/mol. The maximum absolute atomic E-state index is 12.7. The molecule has 0 aromatic carbocycles. The molecule has 2 aromatic rings. The van der Waals surface area contributed by atoms with E-state index in [1.54, 1.807) is 0 Å². The van der Waals surface area contributed by atoms with Gasteiger partial charge in [-0.05, 0) is 38.3 Å². The van der Waals surface area contributed by atoms with E-state index in [-0.39, 0.29) is 11.9 Å². The van der Waals surface area contributed by atoms with Gasteiger partial charge in [-0.15, -0.1) is 11.3 Å². The van der Waals surface area contributed by atoms with Crippen molar-refractivity contribution in [3.05, 3.63) is 22.2 Å². The number of carbonyl (C=O) groups excluding carboxylic acids is 1. The highest BCUT2D eigenvalue weighted by atomic mass is 32.1. The standard InChI is InChI=1S/C15H20N4OS/c1-8-7-9(2)18-14-11(8)12(17)13(21-14)15(20)19-5-3-10(16)4-6-19/h7,10H,3-6,16-17H2,1-2H3. The summed E-state index contributed by atoms with van der Waals surface area (Å²) in [6.45, 7) is 5.38. The molecule has 0 spiro atoms. The number of hydrogen-bond donors (Lipinski definition) is 2. The smallest absolute Gasteiger partial charge is 0.266 e. The zero-order valence-corrected chi connectivity index (χ0v) is 13.2. The molecule has 3 rings (SSSR count). The van der Waals surface area contributed by atoms with Crippen LogP contribution in [0.1, 0.15) is 33.8 Å². The van der Waals surface area contributed by atoms with Crippen LogP contribution < -0.4 is 11.5 Å². The third-order valence-electron chi connectivity index (χ3n) is 4.05. The monoisotopic (exact) mass is 304 g/mol. The van der Waals surface area contributed by atoms with Gasteiger partial charge in [-0.1, -0.05) is 0 Å². The third kappa shape index (κ3) is 2.49. The van der Waals surface area contributed by atoms with Crippen LogP contribution in [-0.4, -0.2) is 34.9 Å². The molecule has 0 atom stereocenters. The SMILES string of the molecule is Cc1cc(C)c2c(N)c(C(=O)N3CCC(N)CC3)sc2n1. The van der Waals surface area contributed by atoms with E-state index in [4.69, 9.17) is 11.5 Å². The van der Waals surface area contributed by atoms with Crippen molar-refractivity contribution in [3.8, 4) is 0 Å². The van der Waals surface area contributed by atoms with Crippen molar-refractivity contribution in [2.45, 2.75) is 32.7 Å². The number of nitrogens with two attached hydrogens (primary N) is 2. The van der Waals surface area contributed by atoms with E-state index in [1.165, 1.54) is 11.3 Å². The Morgan fingerprint density at radius 2 is 2.05 bits per heavy atom. The zero-order valence-electron chi connectivity index (χ0n) is 12.3. The molecule has 1 aliphatic rings. The van der Waals surface area contributed by atoms with Gasteiger partial charge in [0.2, 0.25) is 0 Å². The van der Waals surface area contributed by atoms with E-state index in [0.29, 0.717) is 23.7 Å². The second kappa shape index (κ2) is 5.27. The summed E-state index contributed by atoms with van der Waals surface area (Å²) < 4.78 is 0. The summed E-state index contributed by atoms with van der Waals surface area (Å²) in [4.78, 5) is 20.5. The third-order valence-corrected chi connectivity index (χ3v) is 5.13. The number of anilines is 1. The molecular weight excluding hydrogens is 284 g/mol. The van der Waals surface area contributed by atoms with Crippen LogP contribution in [0.3, 0.4) is 0 Å². The Bertz CT molecular complexity index is 701. The molecule has 0 saturated carbocycles. The van der Waals surface area contributed by atoms with Crippen molar-refractivity contribution in [1.29, 1.82) is 0 Å². The summed E-state index contributed by atoms with van der Waals surface area (Å²) in [5.74, 6) is 0.0134. The molecule has 3 heterocycles. The van der Waals surface area contributed by atoms with Crippen LogP contribution in [0.15, 0.2) is 6.07 Å². The number of amides is 1. The maximum Gasteiger partial charge on any atom is 0.266 e. The molecular formula is C15H20N4OS. The Morgan fingerprint density at radius 3 is 2.71 bits per heavy atom. The summed E-state index contributed by atoms with van der Waals surface area (Å²) in [5.41, 5.74) is 14.7. The van der Waals surface area contributed by atoms with Crippen molar-refractivity contribution in [2.75, 3.05) is 18.8 Å². The van der Waals surface area contributed by atoms with Gasteiger partial charge in [0.25, 0.3) is 5.91 Å². The highest BCUT2D eigenvalue weighted by molar-refractivity contribution is 7.21. The molecule has 1 saturated heterocycles. The second-order valence-electron chi connectivity index (χ2n) is 5.74. The fourth-order valence-corrected chi connectivity index (χ4v) is 4.06. The van der Waals surface area contributed by atoms with E-state index in [2.05, 4.69) is 4.98 Å². The Morgan fingerprint density at radius 1 is 1.38 bits per heavy atom. The second-order valence-corrected chi connectivity index (χ2v) is 6.73. The zero-order chi connectivity index (χ0) is 15.1. The van der Waals surface area contributed by atoms with Gasteiger partial charge < -0.3 is 16.4 Å². The first-order valence-corrected chi connectivity index (χ1v) is 8.00. The molecule has 6 heteroatoms. The van der Waals surface area contributed by atoms with Crippen LogP contribution in [0.25, 0.3) is 10.2 Å². The van der Waals surface area contributed by atoms with Crippen LogP contribution in [-0.2, 0) is 0 Å². The number of pyridine rings is 1. The average Bonchev–Trinajstić information content (AvgIpc) is 2.76. The summed E-state index contributed by atoms with van der Waals surface area (Å²) in [6, 6.07) is 2.21. The van der Waals surface area contributed by atoms with Gasteiger partial charge in [0, 0.05) is 30.2 Å². The first-order chi connectivity index (χ1) is 9.97. The van der Waals surface area contributed by atoms with Crippen LogP contribution in [0.2, 0.25) is 0 Å². The van der Waals surface area contributed by atoms with Gasteiger partial charge in [0.15, 0.2) is 0 Å². The number of hydrogen-bond acceptors (Lipinski definition) is 5. The maximum atomic E-state index is 12.7. The number of carbonyl (C=O) groups is 1. The Labute approximate surface area is 127 Å². The highest BCUT2D eigenvalue weighted by Gasteiger charge is 2.26. The molecule has 1 amide bonds. The van der Waals surface area contributed by atoms with Gasteiger partial charge in [-0.25, -0.2) is 4.98 Å². The number of fused-ring (bicyclic) bond motifs is 1. The minimum atomic E-state index is 0.0134. The number of thiophene rings is 1. The molecule has 4 N–H and O–H groups in total. The molecule has 2 aromatic heterocycles. The van der Waals surface area contributed by atoms with E-state index in [0.717, 1.165) is 34.3 Å². The molecule has 0 aliphatic carbocycles. The van der Waals surface area contributed by atoms with E-state index in [1.807, 2.05) is 24.8 Å². The van der Waals surface area contributed by atoms with Crippen LogP contribution in [0.4, 0.5) is 5.69 Å². The minimum Gasteiger partial charge on any atom is -0.397 e. The Hall–Kier alpha value is -1.66. The summed E-state index contributed by atoms with van der Waals surface area (Å²) in [5, 5.41) is 0.919. The molecule has 0 bridgehead atoms. The molecule has 0 radical (unpaired) electrons. The predicted octanol–water partition coefficient (Wildman–Crippen LogP) is 2.06. The number of aromatic nitrogens is 1. The minimum absolute atomic E-state index is 0.0134. The highest BCUT2D eigenvalue weighted by Crippen LogP contribution is 2.36. The largest absolute Gasteiger partial charge is 0.397 e. The van der Waals surface area contributed by atoms with Crippen molar-refractivity contribution < 1.29 is 4.79 Å². The van der Waals surface area contributed by atoms with E-state index < -0.39 is 0 Å². The van der Waals surface area contributed by atoms with Crippen LogP contribution in [0.5, 0.6) is 0 Å². The topological polar surface area (TPSA) is 85.2 Å².